The smallest absolute Gasteiger partial charge is 0.0726 e. The van der Waals surface area contributed by atoms with E-state index in [0.29, 0.717) is 0 Å². The van der Waals surface area contributed by atoms with Gasteiger partial charge in [-0.2, -0.15) is 0 Å². The molecule has 1 heteroatoms. The lowest BCUT2D eigenvalue weighted by Gasteiger charge is -2.33. The summed E-state index contributed by atoms with van der Waals surface area (Å²) in [4.78, 5) is 2.57. The molecule has 13 aromatic rings. The molecule has 0 heterocycles. The summed E-state index contributed by atoms with van der Waals surface area (Å²) in [6.45, 7) is 4.77. The lowest BCUT2D eigenvalue weighted by Crippen LogP contribution is -2.26. The largest absolute Gasteiger partial charge is 0.310 e. The zero-order valence-corrected chi connectivity index (χ0v) is 41.8. The fourth-order valence-corrected chi connectivity index (χ4v) is 14.2. The predicted molar refractivity (Wildman–Crippen MR) is 316 cm³/mol. The van der Waals surface area contributed by atoms with Crippen LogP contribution in [0.25, 0.3) is 98.7 Å². The average Bonchev–Trinajstić information content (AvgIpc) is 4.06. The fourth-order valence-electron chi connectivity index (χ4n) is 14.2. The highest BCUT2D eigenvalue weighted by molar-refractivity contribution is 6.26. The molecule has 0 aliphatic heterocycles. The van der Waals surface area contributed by atoms with Crippen LogP contribution in [0.15, 0.2) is 261 Å². The van der Waals surface area contributed by atoms with E-state index < -0.39 is 5.41 Å². The van der Waals surface area contributed by atoms with E-state index in [1.165, 1.54) is 132 Å². The third-order valence-corrected chi connectivity index (χ3v) is 17.4. The van der Waals surface area contributed by atoms with Crippen LogP contribution in [0.4, 0.5) is 17.1 Å². The van der Waals surface area contributed by atoms with Crippen molar-refractivity contribution in [2.45, 2.75) is 24.7 Å². The first-order valence-electron chi connectivity index (χ1n) is 26.4. The van der Waals surface area contributed by atoms with Gasteiger partial charge in [0.15, 0.2) is 0 Å². The third-order valence-electron chi connectivity index (χ3n) is 17.4. The van der Waals surface area contributed by atoms with Gasteiger partial charge in [-0.05, 0) is 169 Å². The summed E-state index contributed by atoms with van der Waals surface area (Å²) in [6, 6.07) is 98.7. The SMILES string of the molecule is CC1(C)c2ccccc2-c2cccc(-c3ccc(N(c4ccc5c6ccccc6c6ccccc6c5c4)c4cc5c(cc4-c4ccc6ccccc6c4)-c4ccccc4C54c5ccccc5-c5ccccc54)cc3)c21. The second-order valence-electron chi connectivity index (χ2n) is 21.5. The first-order valence-corrected chi connectivity index (χ1v) is 26.4. The van der Waals surface area contributed by atoms with Gasteiger partial charge < -0.3 is 4.90 Å². The molecule has 13 aromatic carbocycles. The van der Waals surface area contributed by atoms with Crippen molar-refractivity contribution in [1.82, 2.24) is 0 Å². The van der Waals surface area contributed by atoms with Crippen LogP contribution in [0.2, 0.25) is 0 Å². The molecule has 0 aromatic heterocycles. The standard InChI is InChI=1S/C74H49N/c1-73(2)66-30-13-9-26-60(66)62-29-17-28-52(72(62)73)47-36-38-50(39-37-47)75(51-40-41-57-55-22-6-5-20-53(55)54-21-7-8-23-56(54)64(57)43-51)71-45-70-65(44-63(71)49-35-34-46-18-3-4-19-48(46)42-49)61-27-12-16-33-69(61)74(70)67-31-14-10-24-58(67)59-25-11-15-32-68(59)74/h3-45H,1-2H3. The molecule has 0 atom stereocenters. The lowest BCUT2D eigenvalue weighted by molar-refractivity contribution is 0.662. The van der Waals surface area contributed by atoms with Gasteiger partial charge in [-0.25, -0.2) is 0 Å². The van der Waals surface area contributed by atoms with E-state index in [0.717, 1.165) is 17.1 Å². The molecule has 0 bridgehead atoms. The summed E-state index contributed by atoms with van der Waals surface area (Å²) in [6.07, 6.45) is 0. The molecule has 0 radical (unpaired) electrons. The molecule has 3 aliphatic carbocycles. The minimum absolute atomic E-state index is 0.143. The first-order chi connectivity index (χ1) is 37.0. The second kappa shape index (κ2) is 15.6. The van der Waals surface area contributed by atoms with Crippen molar-refractivity contribution in [3.05, 3.63) is 294 Å². The number of anilines is 3. The van der Waals surface area contributed by atoms with E-state index in [2.05, 4.69) is 280 Å². The molecule has 0 unspecified atom stereocenters. The van der Waals surface area contributed by atoms with Crippen molar-refractivity contribution in [2.24, 2.45) is 0 Å². The Balaban J connectivity index is 1.00. The summed E-state index contributed by atoms with van der Waals surface area (Å²) >= 11 is 0. The van der Waals surface area contributed by atoms with Crippen molar-refractivity contribution in [1.29, 1.82) is 0 Å². The van der Waals surface area contributed by atoms with Crippen molar-refractivity contribution in [3.63, 3.8) is 0 Å². The Morgan fingerprint density at radius 1 is 0.267 bits per heavy atom. The van der Waals surface area contributed by atoms with Crippen molar-refractivity contribution >= 4 is 60.2 Å². The topological polar surface area (TPSA) is 3.24 Å². The van der Waals surface area contributed by atoms with Gasteiger partial charge in [0.05, 0.1) is 11.1 Å². The summed E-state index contributed by atoms with van der Waals surface area (Å²) < 4.78 is 0. The molecule has 3 aliphatic rings. The maximum Gasteiger partial charge on any atom is 0.0726 e. The fraction of sp³-hybridized carbons (Fsp3) is 0.0541. The van der Waals surface area contributed by atoms with Crippen LogP contribution < -0.4 is 4.90 Å². The van der Waals surface area contributed by atoms with Crippen LogP contribution in [-0.2, 0) is 10.8 Å². The van der Waals surface area contributed by atoms with E-state index in [1.54, 1.807) is 0 Å². The third kappa shape index (κ3) is 5.78. The van der Waals surface area contributed by atoms with Gasteiger partial charge in [0.2, 0.25) is 0 Å². The van der Waals surface area contributed by atoms with E-state index in [-0.39, 0.29) is 5.41 Å². The minimum Gasteiger partial charge on any atom is -0.310 e. The Hall–Kier alpha value is -9.30. The Morgan fingerprint density at radius 3 is 1.37 bits per heavy atom. The summed E-state index contributed by atoms with van der Waals surface area (Å²) in [5.74, 6) is 0. The van der Waals surface area contributed by atoms with Crippen molar-refractivity contribution in [2.75, 3.05) is 4.90 Å². The van der Waals surface area contributed by atoms with E-state index in [4.69, 9.17) is 0 Å². The number of benzene rings is 13. The normalized spacial score (nSPS) is 13.9. The molecular weight excluding hydrogens is 903 g/mol. The molecule has 75 heavy (non-hydrogen) atoms. The predicted octanol–water partition coefficient (Wildman–Crippen LogP) is 19.8. The monoisotopic (exact) mass is 951 g/mol. The molecule has 350 valence electrons. The maximum atomic E-state index is 2.58. The van der Waals surface area contributed by atoms with Crippen LogP contribution >= 0.6 is 0 Å². The van der Waals surface area contributed by atoms with Crippen LogP contribution in [-0.4, -0.2) is 0 Å². The molecule has 0 amide bonds. The molecular formula is C74H49N. The van der Waals surface area contributed by atoms with Gasteiger partial charge in [0, 0.05) is 22.4 Å². The minimum atomic E-state index is -0.526. The van der Waals surface area contributed by atoms with Gasteiger partial charge in [-0.15, -0.1) is 0 Å². The number of rotatable bonds is 5. The van der Waals surface area contributed by atoms with Gasteiger partial charge in [0.25, 0.3) is 0 Å². The number of hydrogen-bond acceptors (Lipinski definition) is 1. The summed E-state index contributed by atoms with van der Waals surface area (Å²) in [5.41, 5.74) is 23.4. The van der Waals surface area contributed by atoms with Gasteiger partial charge in [0.1, 0.15) is 0 Å². The number of hydrogen-bond donors (Lipinski definition) is 0. The number of fused-ring (bicyclic) bond motifs is 20. The van der Waals surface area contributed by atoms with Gasteiger partial charge >= 0.3 is 0 Å². The zero-order valence-electron chi connectivity index (χ0n) is 41.8. The highest BCUT2D eigenvalue weighted by Crippen LogP contribution is 2.64. The summed E-state index contributed by atoms with van der Waals surface area (Å²) in [5, 5.41) is 10.00. The molecule has 0 saturated heterocycles. The second-order valence-corrected chi connectivity index (χ2v) is 21.5. The van der Waals surface area contributed by atoms with Crippen molar-refractivity contribution < 1.29 is 0 Å². The molecule has 0 N–H and O–H groups in total. The van der Waals surface area contributed by atoms with Crippen LogP contribution in [0.5, 0.6) is 0 Å². The Bertz CT molecular complexity index is 4490. The highest BCUT2D eigenvalue weighted by Gasteiger charge is 2.52. The zero-order chi connectivity index (χ0) is 49.6. The van der Waals surface area contributed by atoms with E-state index >= 15 is 0 Å². The quantitative estimate of drug-likeness (QED) is 0.155. The van der Waals surface area contributed by atoms with Gasteiger partial charge in [-0.3, -0.25) is 0 Å². The molecule has 1 nitrogen and oxygen atoms in total. The Labute approximate surface area is 437 Å². The van der Waals surface area contributed by atoms with Gasteiger partial charge in [-0.1, -0.05) is 232 Å². The molecule has 16 rings (SSSR count). The van der Waals surface area contributed by atoms with Crippen LogP contribution in [0.3, 0.4) is 0 Å². The van der Waals surface area contributed by atoms with Crippen molar-refractivity contribution in [3.8, 4) is 55.6 Å². The Morgan fingerprint density at radius 2 is 0.733 bits per heavy atom. The summed E-state index contributed by atoms with van der Waals surface area (Å²) in [7, 11) is 0. The molecule has 0 fully saturated rings. The number of nitrogens with zero attached hydrogens (tertiary/aromatic N) is 1. The maximum absolute atomic E-state index is 2.58. The average molecular weight is 952 g/mol. The first kappa shape index (κ1) is 42.2. The highest BCUT2D eigenvalue weighted by atomic mass is 15.1. The van der Waals surface area contributed by atoms with Crippen LogP contribution in [0, 0.1) is 0 Å². The lowest BCUT2D eigenvalue weighted by atomic mass is 9.70. The Kier molecular flexibility index (Phi) is 8.79. The van der Waals surface area contributed by atoms with Crippen LogP contribution in [0.1, 0.15) is 47.2 Å². The van der Waals surface area contributed by atoms with E-state index in [9.17, 15) is 0 Å². The van der Waals surface area contributed by atoms with E-state index in [1.807, 2.05) is 0 Å². The molecule has 0 saturated carbocycles. The molecule has 1 spiro atoms.